The molecule has 0 atom stereocenters. The summed E-state index contributed by atoms with van der Waals surface area (Å²) in [6, 6.07) is 4.73. The summed E-state index contributed by atoms with van der Waals surface area (Å²) < 4.78 is 22.9. The number of rotatable bonds is 7. The molecule has 0 aliphatic rings. The predicted octanol–water partition coefficient (Wildman–Crippen LogP) is 0.694. The fourth-order valence-electron chi connectivity index (χ4n) is 2.00. The molecule has 1 rings (SSSR count). The number of nitrogen functional groups attached to an aromatic ring is 1. The molecule has 0 spiro atoms. The highest BCUT2D eigenvalue weighted by molar-refractivity contribution is 7.89. The Labute approximate surface area is 121 Å². The van der Waals surface area contributed by atoms with Crippen LogP contribution in [0, 0.1) is 0 Å². The van der Waals surface area contributed by atoms with Gasteiger partial charge in [-0.15, -0.1) is 0 Å². The van der Waals surface area contributed by atoms with E-state index in [0.717, 1.165) is 31.7 Å². The molecule has 0 saturated heterocycles. The van der Waals surface area contributed by atoms with Gasteiger partial charge in [0.1, 0.15) is 0 Å². The van der Waals surface area contributed by atoms with E-state index in [9.17, 15) is 8.42 Å². The second-order valence-corrected chi connectivity index (χ2v) is 6.60. The highest BCUT2D eigenvalue weighted by Crippen LogP contribution is 2.23. The van der Waals surface area contributed by atoms with Gasteiger partial charge in [0.2, 0.25) is 10.0 Å². The number of nitrogens with zero attached hydrogens (tertiary/aromatic N) is 2. The molecule has 1 aromatic carbocycles. The van der Waals surface area contributed by atoms with E-state index in [-0.39, 0.29) is 4.90 Å². The van der Waals surface area contributed by atoms with Crippen molar-refractivity contribution in [1.29, 1.82) is 0 Å². The molecule has 1 aromatic rings. The minimum atomic E-state index is -3.74. The molecule has 0 bridgehead atoms. The standard InChI is InChI=1S/C13H24N4O2S/c1-4-17(7-5-6-16(2)3)12-8-11(14)9-13(10-12)20(15,18)19/h8-10H,4-7,14H2,1-3H3,(H2,15,18,19). The zero-order valence-corrected chi connectivity index (χ0v) is 13.2. The number of anilines is 2. The van der Waals surface area contributed by atoms with Crippen molar-refractivity contribution in [1.82, 2.24) is 4.90 Å². The third-order valence-corrected chi connectivity index (χ3v) is 3.92. The Morgan fingerprint density at radius 2 is 1.80 bits per heavy atom. The van der Waals surface area contributed by atoms with Gasteiger partial charge < -0.3 is 15.5 Å². The van der Waals surface area contributed by atoms with Crippen molar-refractivity contribution in [3.63, 3.8) is 0 Å². The highest BCUT2D eigenvalue weighted by Gasteiger charge is 2.13. The summed E-state index contributed by atoms with van der Waals surface area (Å²) in [5.41, 5.74) is 6.96. The van der Waals surface area contributed by atoms with Crippen LogP contribution in [0.1, 0.15) is 13.3 Å². The summed E-state index contributed by atoms with van der Waals surface area (Å²) in [5, 5.41) is 5.17. The van der Waals surface area contributed by atoms with Crippen LogP contribution in [0.3, 0.4) is 0 Å². The van der Waals surface area contributed by atoms with Crippen LogP contribution in [-0.2, 0) is 10.0 Å². The van der Waals surface area contributed by atoms with E-state index in [1.54, 1.807) is 12.1 Å². The topological polar surface area (TPSA) is 92.7 Å². The van der Waals surface area contributed by atoms with Gasteiger partial charge >= 0.3 is 0 Å². The largest absolute Gasteiger partial charge is 0.399 e. The molecule has 7 heteroatoms. The smallest absolute Gasteiger partial charge is 0.238 e. The second kappa shape index (κ2) is 6.92. The molecule has 0 aliphatic carbocycles. The molecule has 20 heavy (non-hydrogen) atoms. The van der Waals surface area contributed by atoms with E-state index in [0.29, 0.717) is 5.69 Å². The molecule has 0 radical (unpaired) electrons. The van der Waals surface area contributed by atoms with Crippen LogP contribution in [-0.4, -0.2) is 47.0 Å². The Hall–Kier alpha value is -1.31. The molecule has 0 aliphatic heterocycles. The minimum Gasteiger partial charge on any atom is -0.399 e. The first kappa shape index (κ1) is 16.7. The van der Waals surface area contributed by atoms with Gasteiger partial charge in [-0.1, -0.05) is 0 Å². The summed E-state index contributed by atoms with van der Waals surface area (Å²) in [6.45, 7) is 4.61. The Morgan fingerprint density at radius 3 is 2.30 bits per heavy atom. The van der Waals surface area contributed by atoms with Crippen LogP contribution < -0.4 is 15.8 Å². The maximum absolute atomic E-state index is 11.4. The monoisotopic (exact) mass is 300 g/mol. The van der Waals surface area contributed by atoms with Crippen molar-refractivity contribution in [3.05, 3.63) is 18.2 Å². The number of hydrogen-bond acceptors (Lipinski definition) is 5. The highest BCUT2D eigenvalue weighted by atomic mass is 32.2. The fraction of sp³-hybridized carbons (Fsp3) is 0.538. The molecule has 0 unspecified atom stereocenters. The molecule has 0 aromatic heterocycles. The van der Waals surface area contributed by atoms with Crippen LogP contribution in [0.2, 0.25) is 0 Å². The predicted molar refractivity (Wildman–Crippen MR) is 83.3 cm³/mol. The van der Waals surface area contributed by atoms with Crippen LogP contribution in [0.25, 0.3) is 0 Å². The number of hydrogen-bond donors (Lipinski definition) is 2. The molecule has 114 valence electrons. The lowest BCUT2D eigenvalue weighted by Gasteiger charge is -2.24. The quantitative estimate of drug-likeness (QED) is 0.723. The first-order chi connectivity index (χ1) is 9.24. The van der Waals surface area contributed by atoms with Crippen molar-refractivity contribution in [2.24, 2.45) is 5.14 Å². The van der Waals surface area contributed by atoms with Gasteiger partial charge in [0.05, 0.1) is 4.90 Å². The van der Waals surface area contributed by atoms with Gasteiger partial charge in [0.15, 0.2) is 0 Å². The Balaban J connectivity index is 2.95. The molecule has 4 N–H and O–H groups in total. The van der Waals surface area contributed by atoms with Gasteiger partial charge in [-0.2, -0.15) is 0 Å². The molecule has 0 saturated carbocycles. The van der Waals surface area contributed by atoms with E-state index in [4.69, 9.17) is 10.9 Å². The van der Waals surface area contributed by atoms with E-state index in [1.165, 1.54) is 6.07 Å². The molecule has 6 nitrogen and oxygen atoms in total. The fourth-order valence-corrected chi connectivity index (χ4v) is 2.59. The van der Waals surface area contributed by atoms with Crippen molar-refractivity contribution in [3.8, 4) is 0 Å². The SMILES string of the molecule is CCN(CCCN(C)C)c1cc(N)cc(S(N)(=O)=O)c1. The van der Waals surface area contributed by atoms with Crippen LogP contribution in [0.4, 0.5) is 11.4 Å². The maximum Gasteiger partial charge on any atom is 0.238 e. The van der Waals surface area contributed by atoms with Crippen LogP contribution in [0.15, 0.2) is 23.1 Å². The summed E-state index contributed by atoms with van der Waals surface area (Å²) in [4.78, 5) is 4.26. The normalized spacial score (nSPS) is 11.8. The number of sulfonamides is 1. The van der Waals surface area contributed by atoms with Gasteiger partial charge in [0.25, 0.3) is 0 Å². The lowest BCUT2D eigenvalue weighted by atomic mass is 10.2. The van der Waals surface area contributed by atoms with Crippen LogP contribution in [0.5, 0.6) is 0 Å². The first-order valence-corrected chi connectivity index (χ1v) is 8.11. The number of primary sulfonamides is 1. The molecular weight excluding hydrogens is 276 g/mol. The summed E-state index contributed by atoms with van der Waals surface area (Å²) in [6.07, 6.45) is 0.986. The Bertz CT molecular complexity index is 543. The molecule has 0 fully saturated rings. The van der Waals surface area contributed by atoms with E-state index in [1.807, 2.05) is 21.0 Å². The second-order valence-electron chi connectivity index (χ2n) is 5.04. The summed E-state index contributed by atoms with van der Waals surface area (Å²) >= 11 is 0. The third-order valence-electron chi connectivity index (χ3n) is 3.02. The molecular formula is C13H24N4O2S. The lowest BCUT2D eigenvalue weighted by molar-refractivity contribution is 0.400. The minimum absolute atomic E-state index is 0.0542. The van der Waals surface area contributed by atoms with Crippen molar-refractivity contribution >= 4 is 21.4 Å². The molecule has 0 heterocycles. The van der Waals surface area contributed by atoms with Crippen molar-refractivity contribution in [2.45, 2.75) is 18.2 Å². The van der Waals surface area contributed by atoms with Gasteiger partial charge in [-0.3, -0.25) is 0 Å². The van der Waals surface area contributed by atoms with E-state index < -0.39 is 10.0 Å². The molecule has 0 amide bonds. The number of nitrogens with two attached hydrogens (primary N) is 2. The van der Waals surface area contributed by atoms with E-state index in [2.05, 4.69) is 9.80 Å². The third kappa shape index (κ3) is 4.99. The summed E-state index contributed by atoms with van der Waals surface area (Å²) in [5.74, 6) is 0. The average molecular weight is 300 g/mol. The first-order valence-electron chi connectivity index (χ1n) is 6.57. The lowest BCUT2D eigenvalue weighted by Crippen LogP contribution is -2.27. The zero-order valence-electron chi connectivity index (χ0n) is 12.3. The Kier molecular flexibility index (Phi) is 5.79. The summed E-state index contributed by atoms with van der Waals surface area (Å²) in [7, 11) is 0.309. The van der Waals surface area contributed by atoms with E-state index >= 15 is 0 Å². The zero-order chi connectivity index (χ0) is 15.3. The van der Waals surface area contributed by atoms with Gasteiger partial charge in [-0.05, 0) is 52.2 Å². The average Bonchev–Trinajstić information content (AvgIpc) is 2.32. The Morgan fingerprint density at radius 1 is 1.15 bits per heavy atom. The van der Waals surface area contributed by atoms with Crippen molar-refractivity contribution in [2.75, 3.05) is 44.4 Å². The van der Waals surface area contributed by atoms with Gasteiger partial charge in [-0.25, -0.2) is 13.6 Å². The van der Waals surface area contributed by atoms with Crippen LogP contribution >= 0.6 is 0 Å². The maximum atomic E-state index is 11.4. The van der Waals surface area contributed by atoms with Gasteiger partial charge in [0, 0.05) is 24.5 Å². The number of benzene rings is 1. The van der Waals surface area contributed by atoms with Crippen molar-refractivity contribution < 1.29 is 8.42 Å².